The highest BCUT2D eigenvalue weighted by Crippen LogP contribution is 2.32. The van der Waals surface area contributed by atoms with Gasteiger partial charge in [0.05, 0.1) is 0 Å². The molecule has 6 heteroatoms. The Morgan fingerprint density at radius 1 is 1.45 bits per heavy atom. The van der Waals surface area contributed by atoms with Gasteiger partial charge in [-0.3, -0.25) is 9.59 Å². The van der Waals surface area contributed by atoms with E-state index in [0.717, 1.165) is 5.56 Å². The summed E-state index contributed by atoms with van der Waals surface area (Å²) in [5, 5.41) is 3.46. The quantitative estimate of drug-likeness (QED) is 0.844. The zero-order valence-electron chi connectivity index (χ0n) is 10.6. The van der Waals surface area contributed by atoms with Gasteiger partial charge in [0.1, 0.15) is 10.0 Å². The minimum atomic E-state index is -0.690. The van der Waals surface area contributed by atoms with E-state index in [2.05, 4.69) is 16.2 Å². The van der Waals surface area contributed by atoms with E-state index in [1.807, 2.05) is 6.07 Å². The lowest BCUT2D eigenvalue weighted by atomic mass is 10.1. The molecule has 0 aliphatic heterocycles. The molecule has 20 heavy (non-hydrogen) atoms. The van der Waals surface area contributed by atoms with Crippen LogP contribution < -0.4 is 11.1 Å². The number of nitrogens with two attached hydrogens (primary N) is 1. The van der Waals surface area contributed by atoms with Crippen molar-refractivity contribution in [3.8, 4) is 22.9 Å². The van der Waals surface area contributed by atoms with E-state index in [1.165, 1.54) is 18.3 Å². The summed E-state index contributed by atoms with van der Waals surface area (Å²) in [5.41, 5.74) is 6.78. The molecule has 3 N–H and O–H groups in total. The van der Waals surface area contributed by atoms with Crippen LogP contribution in [0.3, 0.4) is 0 Å². The number of nitrogens with zero attached hydrogens (tertiary/aromatic N) is 1. The molecular weight excluding hydrogens is 274 g/mol. The molecule has 0 aliphatic rings. The molecule has 0 saturated heterocycles. The van der Waals surface area contributed by atoms with Gasteiger partial charge in [0, 0.05) is 18.1 Å². The first kappa shape index (κ1) is 13.8. The Hall–Kier alpha value is -2.65. The molecule has 0 bridgehead atoms. The molecule has 0 fully saturated rings. The normalized spacial score (nSPS) is 9.80. The van der Waals surface area contributed by atoms with Crippen LogP contribution in [0.4, 0.5) is 5.00 Å². The molecule has 0 spiro atoms. The molecule has 2 rings (SSSR count). The van der Waals surface area contributed by atoms with Crippen LogP contribution in [0, 0.1) is 12.3 Å². The summed E-state index contributed by atoms with van der Waals surface area (Å²) in [5.74, 6) is 1.55. The highest BCUT2D eigenvalue weighted by atomic mass is 32.1. The first-order chi connectivity index (χ1) is 9.51. The number of thiazole rings is 1. The van der Waals surface area contributed by atoms with Crippen molar-refractivity contribution in [2.75, 3.05) is 5.32 Å². The molecule has 1 heterocycles. The first-order valence-electron chi connectivity index (χ1n) is 5.66. The zero-order valence-corrected chi connectivity index (χ0v) is 11.5. The maximum atomic E-state index is 11.4. The Kier molecular flexibility index (Phi) is 3.82. The number of benzene rings is 1. The fourth-order valence-electron chi connectivity index (χ4n) is 1.60. The van der Waals surface area contributed by atoms with Gasteiger partial charge >= 0.3 is 0 Å². The van der Waals surface area contributed by atoms with E-state index in [9.17, 15) is 9.59 Å². The standard InChI is InChI=1S/C14H11N3O2S/c1-3-9-5-4-6-10(7-9)13-17-11(12(15)19)14(20-13)16-8(2)18/h1,4-7H,2H3,(H2,15,19)(H,16,18). The van der Waals surface area contributed by atoms with Crippen LogP contribution in [0.5, 0.6) is 0 Å². The lowest BCUT2D eigenvalue weighted by Gasteiger charge is -1.97. The van der Waals surface area contributed by atoms with Gasteiger partial charge in [0.15, 0.2) is 5.69 Å². The molecule has 100 valence electrons. The Morgan fingerprint density at radius 2 is 2.20 bits per heavy atom. The van der Waals surface area contributed by atoms with E-state index in [-0.39, 0.29) is 11.6 Å². The van der Waals surface area contributed by atoms with Crippen LogP contribution in [0.1, 0.15) is 23.0 Å². The second-order valence-corrected chi connectivity index (χ2v) is 4.97. The van der Waals surface area contributed by atoms with Crippen LogP contribution in [-0.4, -0.2) is 16.8 Å². The average molecular weight is 285 g/mol. The summed E-state index contributed by atoms with van der Waals surface area (Å²) in [4.78, 5) is 26.6. The summed E-state index contributed by atoms with van der Waals surface area (Å²) < 4.78 is 0. The number of aromatic nitrogens is 1. The SMILES string of the molecule is C#Cc1cccc(-c2nc(C(N)=O)c(NC(C)=O)s2)c1. The number of carbonyl (C=O) groups excluding carboxylic acids is 2. The van der Waals surface area contributed by atoms with E-state index < -0.39 is 5.91 Å². The minimum absolute atomic E-state index is 0.0475. The van der Waals surface area contributed by atoms with Gasteiger partial charge in [-0.1, -0.05) is 29.4 Å². The number of amides is 2. The van der Waals surface area contributed by atoms with Gasteiger partial charge in [-0.2, -0.15) is 0 Å². The molecule has 0 radical (unpaired) electrons. The lowest BCUT2D eigenvalue weighted by Crippen LogP contribution is -2.15. The summed E-state index contributed by atoms with van der Waals surface area (Å²) in [6, 6.07) is 7.19. The Morgan fingerprint density at radius 3 is 2.80 bits per heavy atom. The molecule has 5 nitrogen and oxygen atoms in total. The first-order valence-corrected chi connectivity index (χ1v) is 6.48. The van der Waals surface area contributed by atoms with Gasteiger partial charge in [0.25, 0.3) is 5.91 Å². The van der Waals surface area contributed by atoms with Crippen molar-refractivity contribution in [1.82, 2.24) is 4.98 Å². The van der Waals surface area contributed by atoms with Crippen LogP contribution >= 0.6 is 11.3 Å². The largest absolute Gasteiger partial charge is 0.364 e. The van der Waals surface area contributed by atoms with Crippen LogP contribution in [0.2, 0.25) is 0 Å². The predicted octanol–water partition coefficient (Wildman–Crippen LogP) is 1.85. The molecule has 0 aliphatic carbocycles. The summed E-state index contributed by atoms with van der Waals surface area (Å²) in [6.45, 7) is 1.35. The number of primary amides is 1. The van der Waals surface area contributed by atoms with Crippen molar-refractivity contribution in [2.45, 2.75) is 6.92 Å². The molecule has 1 aromatic heterocycles. The summed E-state index contributed by atoms with van der Waals surface area (Å²) in [6.07, 6.45) is 5.35. The molecule has 0 saturated carbocycles. The van der Waals surface area contributed by atoms with E-state index in [0.29, 0.717) is 15.6 Å². The van der Waals surface area contributed by atoms with Gasteiger partial charge in [-0.15, -0.1) is 6.42 Å². The van der Waals surface area contributed by atoms with E-state index in [1.54, 1.807) is 18.2 Å². The number of nitrogens with one attached hydrogen (secondary N) is 1. The van der Waals surface area contributed by atoms with Crippen molar-refractivity contribution in [1.29, 1.82) is 0 Å². The number of hydrogen-bond acceptors (Lipinski definition) is 4. The fourth-order valence-corrected chi connectivity index (χ4v) is 2.61. The Bertz CT molecular complexity index is 728. The average Bonchev–Trinajstić information content (AvgIpc) is 2.82. The lowest BCUT2D eigenvalue weighted by molar-refractivity contribution is -0.114. The Labute approximate surface area is 119 Å². The number of rotatable bonds is 3. The number of anilines is 1. The third kappa shape index (κ3) is 2.84. The van der Waals surface area contributed by atoms with Crippen molar-refractivity contribution < 1.29 is 9.59 Å². The number of terminal acetylenes is 1. The van der Waals surface area contributed by atoms with Gasteiger partial charge < -0.3 is 11.1 Å². The fraction of sp³-hybridized carbons (Fsp3) is 0.0714. The zero-order chi connectivity index (χ0) is 14.7. The number of hydrogen-bond donors (Lipinski definition) is 2. The molecule has 2 amide bonds. The third-order valence-electron chi connectivity index (χ3n) is 2.43. The van der Waals surface area contributed by atoms with Crippen molar-refractivity contribution in [2.24, 2.45) is 5.73 Å². The van der Waals surface area contributed by atoms with Gasteiger partial charge in [0.2, 0.25) is 5.91 Å². The van der Waals surface area contributed by atoms with Crippen molar-refractivity contribution in [3.05, 3.63) is 35.5 Å². The van der Waals surface area contributed by atoms with Crippen LogP contribution in [0.15, 0.2) is 24.3 Å². The predicted molar refractivity (Wildman–Crippen MR) is 78.3 cm³/mol. The molecule has 1 aromatic carbocycles. The second kappa shape index (κ2) is 5.55. The van der Waals surface area contributed by atoms with Crippen LogP contribution in [0.25, 0.3) is 10.6 Å². The molecular formula is C14H11N3O2S. The maximum Gasteiger partial charge on any atom is 0.270 e. The van der Waals surface area contributed by atoms with Gasteiger partial charge in [-0.25, -0.2) is 4.98 Å². The second-order valence-electron chi connectivity index (χ2n) is 3.97. The number of carbonyl (C=O) groups is 2. The molecule has 0 unspecified atom stereocenters. The summed E-state index contributed by atoms with van der Waals surface area (Å²) >= 11 is 1.18. The minimum Gasteiger partial charge on any atom is -0.364 e. The maximum absolute atomic E-state index is 11.4. The highest BCUT2D eigenvalue weighted by molar-refractivity contribution is 7.19. The molecule has 0 atom stereocenters. The summed E-state index contributed by atoms with van der Waals surface area (Å²) in [7, 11) is 0. The van der Waals surface area contributed by atoms with E-state index >= 15 is 0 Å². The monoisotopic (exact) mass is 285 g/mol. The highest BCUT2D eigenvalue weighted by Gasteiger charge is 2.17. The Balaban J connectivity index is 2.50. The topological polar surface area (TPSA) is 85.1 Å². The van der Waals surface area contributed by atoms with Crippen molar-refractivity contribution >= 4 is 28.2 Å². The third-order valence-corrected chi connectivity index (χ3v) is 3.45. The van der Waals surface area contributed by atoms with Gasteiger partial charge in [-0.05, 0) is 12.1 Å². The van der Waals surface area contributed by atoms with Crippen molar-refractivity contribution in [3.63, 3.8) is 0 Å². The smallest absolute Gasteiger partial charge is 0.270 e. The van der Waals surface area contributed by atoms with Crippen LogP contribution in [-0.2, 0) is 4.79 Å². The van der Waals surface area contributed by atoms with E-state index in [4.69, 9.17) is 12.2 Å². The molecule has 2 aromatic rings.